The number of rotatable bonds is 5. The van der Waals surface area contributed by atoms with Crippen LogP contribution in [0.2, 0.25) is 0 Å². The standard InChI is InChI=1S/C22H22O11/c1-30-10-5-13(25)17-15(6-10)31-8-11(18(17)26)9-2-3-12(24)14(4-9)32-22-21(29)20(28)19(27)16(7-23)33-22/h2-6,8,16,19-25,27-29H,7H2,1H3/t16-,19+,20-,21-,22+/m0/s1. The highest BCUT2D eigenvalue weighted by Crippen LogP contribution is 2.35. The predicted octanol–water partition coefficient (Wildman–Crippen LogP) is 0.0585. The number of fused-ring (bicyclic) bond motifs is 1. The van der Waals surface area contributed by atoms with Gasteiger partial charge in [-0.15, -0.1) is 0 Å². The summed E-state index contributed by atoms with van der Waals surface area (Å²) in [5.74, 6) is -0.615. The number of hydrogen-bond acceptors (Lipinski definition) is 11. The van der Waals surface area contributed by atoms with Crippen molar-refractivity contribution in [2.45, 2.75) is 30.7 Å². The highest BCUT2D eigenvalue weighted by atomic mass is 16.7. The Kier molecular flexibility index (Phi) is 6.15. The normalized spacial score (nSPS) is 25.2. The molecule has 1 aliphatic rings. The maximum atomic E-state index is 13.0. The SMILES string of the molecule is COc1cc(O)c2c(=O)c(-c3ccc(O)c(O[C@@H]4O[C@@H](CO)[C@@H](O)[C@H](O)[C@@H]4O)c3)coc2c1. The van der Waals surface area contributed by atoms with Crippen LogP contribution in [0.15, 0.2) is 45.8 Å². The van der Waals surface area contributed by atoms with Crippen molar-refractivity contribution >= 4 is 11.0 Å². The molecule has 1 fully saturated rings. The molecule has 1 aliphatic heterocycles. The Balaban J connectivity index is 1.71. The maximum absolute atomic E-state index is 13.0. The number of methoxy groups -OCH3 is 1. The van der Waals surface area contributed by atoms with E-state index in [4.69, 9.17) is 18.6 Å². The van der Waals surface area contributed by atoms with Gasteiger partial charge in [-0.25, -0.2) is 0 Å². The summed E-state index contributed by atoms with van der Waals surface area (Å²) in [6, 6.07) is 6.63. The second-order valence-electron chi connectivity index (χ2n) is 7.50. The van der Waals surface area contributed by atoms with E-state index in [1.54, 1.807) is 0 Å². The van der Waals surface area contributed by atoms with Gasteiger partial charge in [0.05, 0.1) is 19.3 Å². The zero-order valence-corrected chi connectivity index (χ0v) is 17.3. The first kappa shape index (κ1) is 22.8. The van der Waals surface area contributed by atoms with Crippen LogP contribution in [-0.2, 0) is 4.74 Å². The van der Waals surface area contributed by atoms with Gasteiger partial charge in [-0.2, -0.15) is 0 Å². The zero-order valence-electron chi connectivity index (χ0n) is 17.3. The van der Waals surface area contributed by atoms with Crippen LogP contribution in [0.25, 0.3) is 22.1 Å². The fourth-order valence-electron chi connectivity index (χ4n) is 3.59. The summed E-state index contributed by atoms with van der Waals surface area (Å²) in [5, 5.41) is 59.7. The lowest BCUT2D eigenvalue weighted by atomic mass is 9.99. The molecule has 11 heteroatoms. The molecule has 0 radical (unpaired) electrons. The average molecular weight is 462 g/mol. The Morgan fingerprint density at radius 1 is 1.00 bits per heavy atom. The van der Waals surface area contributed by atoms with E-state index in [0.717, 1.165) is 0 Å². The van der Waals surface area contributed by atoms with Crippen molar-refractivity contribution in [3.8, 4) is 34.1 Å². The van der Waals surface area contributed by atoms with Crippen molar-refractivity contribution < 1.29 is 49.3 Å². The van der Waals surface area contributed by atoms with Crippen LogP contribution in [0.4, 0.5) is 0 Å². The number of phenols is 2. The fraction of sp³-hybridized carbons (Fsp3) is 0.318. The Bertz CT molecular complexity index is 1220. The minimum absolute atomic E-state index is 0.0432. The van der Waals surface area contributed by atoms with Crippen molar-refractivity contribution in [2.24, 2.45) is 0 Å². The van der Waals surface area contributed by atoms with E-state index in [1.807, 2.05) is 0 Å². The lowest BCUT2D eigenvalue weighted by Gasteiger charge is -2.39. The fourth-order valence-corrected chi connectivity index (χ4v) is 3.59. The largest absolute Gasteiger partial charge is 0.507 e. The third kappa shape index (κ3) is 4.08. The summed E-state index contributed by atoms with van der Waals surface area (Å²) in [6.07, 6.45) is -6.49. The molecule has 2 aromatic carbocycles. The van der Waals surface area contributed by atoms with Crippen LogP contribution in [0.1, 0.15) is 0 Å². The summed E-state index contributed by atoms with van der Waals surface area (Å²) in [7, 11) is 1.40. The van der Waals surface area contributed by atoms with E-state index in [1.165, 1.54) is 43.7 Å². The molecule has 176 valence electrons. The lowest BCUT2D eigenvalue weighted by Crippen LogP contribution is -2.60. The number of aliphatic hydroxyl groups excluding tert-OH is 4. The molecule has 0 aliphatic carbocycles. The van der Waals surface area contributed by atoms with E-state index in [9.17, 15) is 35.4 Å². The molecule has 1 saturated heterocycles. The summed E-state index contributed by atoms with van der Waals surface area (Å²) in [6.45, 7) is -0.650. The van der Waals surface area contributed by atoms with Crippen LogP contribution in [-0.4, -0.2) is 75.1 Å². The summed E-state index contributed by atoms with van der Waals surface area (Å²) in [5.41, 5.74) is -0.155. The molecule has 0 saturated carbocycles. The van der Waals surface area contributed by atoms with Crippen molar-refractivity contribution in [1.82, 2.24) is 0 Å². The van der Waals surface area contributed by atoms with Crippen LogP contribution in [0, 0.1) is 0 Å². The van der Waals surface area contributed by atoms with E-state index in [-0.39, 0.29) is 39.3 Å². The molecule has 3 aromatic rings. The molecule has 0 spiro atoms. The van der Waals surface area contributed by atoms with E-state index in [0.29, 0.717) is 5.75 Å². The van der Waals surface area contributed by atoms with Gasteiger partial charge in [-0.3, -0.25) is 4.79 Å². The van der Waals surface area contributed by atoms with Crippen molar-refractivity contribution in [1.29, 1.82) is 0 Å². The molecule has 0 amide bonds. The number of aliphatic hydroxyl groups is 4. The van der Waals surface area contributed by atoms with Gasteiger partial charge in [0.15, 0.2) is 11.5 Å². The number of benzene rings is 2. The summed E-state index contributed by atoms with van der Waals surface area (Å²) in [4.78, 5) is 13.0. The second kappa shape index (κ2) is 8.89. The molecule has 1 aromatic heterocycles. The van der Waals surface area contributed by atoms with Gasteiger partial charge >= 0.3 is 0 Å². The van der Waals surface area contributed by atoms with Crippen LogP contribution < -0.4 is 14.9 Å². The maximum Gasteiger partial charge on any atom is 0.229 e. The second-order valence-corrected chi connectivity index (χ2v) is 7.50. The molecular formula is C22H22O11. The Labute approximate surface area is 186 Å². The third-order valence-corrected chi connectivity index (χ3v) is 5.43. The highest BCUT2D eigenvalue weighted by Gasteiger charge is 2.45. The van der Waals surface area contributed by atoms with Crippen LogP contribution in [0.3, 0.4) is 0 Å². The highest BCUT2D eigenvalue weighted by molar-refractivity contribution is 5.88. The van der Waals surface area contributed by atoms with E-state index >= 15 is 0 Å². The molecule has 11 nitrogen and oxygen atoms in total. The Hall–Kier alpha value is -3.35. The number of ether oxygens (including phenoxy) is 3. The monoisotopic (exact) mass is 462 g/mol. The van der Waals surface area contributed by atoms with Gasteiger partial charge in [0.25, 0.3) is 0 Å². The van der Waals surface area contributed by atoms with Gasteiger partial charge in [-0.1, -0.05) is 6.07 Å². The van der Waals surface area contributed by atoms with Crippen molar-refractivity contribution in [3.05, 3.63) is 46.8 Å². The van der Waals surface area contributed by atoms with E-state index in [2.05, 4.69) is 0 Å². The molecule has 6 N–H and O–H groups in total. The van der Waals surface area contributed by atoms with Gasteiger partial charge in [0.1, 0.15) is 53.1 Å². The number of aromatic hydroxyl groups is 2. The first-order valence-corrected chi connectivity index (χ1v) is 9.88. The lowest BCUT2D eigenvalue weighted by molar-refractivity contribution is -0.277. The topological polar surface area (TPSA) is 179 Å². The first-order chi connectivity index (χ1) is 15.7. The van der Waals surface area contributed by atoms with Crippen molar-refractivity contribution in [3.63, 3.8) is 0 Å². The number of phenolic OH excluding ortho intramolecular Hbond substituents is 2. The van der Waals surface area contributed by atoms with E-state index < -0.39 is 42.7 Å². The smallest absolute Gasteiger partial charge is 0.229 e. The quantitative estimate of drug-likeness (QED) is 0.302. The van der Waals surface area contributed by atoms with Gasteiger partial charge in [-0.05, 0) is 17.7 Å². The molecule has 33 heavy (non-hydrogen) atoms. The zero-order chi connectivity index (χ0) is 23.9. The Morgan fingerprint density at radius 3 is 2.45 bits per heavy atom. The molecule has 0 unspecified atom stereocenters. The molecule has 0 bridgehead atoms. The molecule has 4 rings (SSSR count). The van der Waals surface area contributed by atoms with Crippen LogP contribution >= 0.6 is 0 Å². The molecule has 5 atom stereocenters. The summed E-state index contributed by atoms with van der Waals surface area (Å²) < 4.78 is 21.3. The first-order valence-electron chi connectivity index (χ1n) is 9.88. The van der Waals surface area contributed by atoms with Gasteiger partial charge in [0.2, 0.25) is 11.7 Å². The minimum atomic E-state index is -1.69. The van der Waals surface area contributed by atoms with Gasteiger partial charge in [0, 0.05) is 12.1 Å². The molecular weight excluding hydrogens is 440 g/mol. The average Bonchev–Trinajstić information content (AvgIpc) is 2.80. The third-order valence-electron chi connectivity index (χ3n) is 5.43. The summed E-state index contributed by atoms with van der Waals surface area (Å²) >= 11 is 0. The minimum Gasteiger partial charge on any atom is -0.507 e. The predicted molar refractivity (Wildman–Crippen MR) is 112 cm³/mol. The Morgan fingerprint density at radius 2 is 1.76 bits per heavy atom. The number of hydrogen-bond donors (Lipinski definition) is 6. The van der Waals surface area contributed by atoms with Crippen molar-refractivity contribution in [2.75, 3.05) is 13.7 Å². The molecule has 2 heterocycles. The van der Waals surface area contributed by atoms with Gasteiger partial charge < -0.3 is 49.3 Å². The van der Waals surface area contributed by atoms with Crippen LogP contribution in [0.5, 0.6) is 23.0 Å².